The molecule has 0 spiro atoms. The van der Waals surface area contributed by atoms with Gasteiger partial charge in [0.25, 0.3) is 5.91 Å². The lowest BCUT2D eigenvalue weighted by molar-refractivity contribution is -0.141. The molecule has 0 atom stereocenters. The molecule has 1 saturated carbocycles. The molecule has 3 rings (SSSR count). The van der Waals surface area contributed by atoms with Crippen molar-refractivity contribution in [3.63, 3.8) is 0 Å². The molecule has 0 bridgehead atoms. The topological polar surface area (TPSA) is 78.7 Å². The van der Waals surface area contributed by atoms with E-state index < -0.39 is 5.60 Å². The van der Waals surface area contributed by atoms with E-state index in [2.05, 4.69) is 5.10 Å². The summed E-state index contributed by atoms with van der Waals surface area (Å²) in [7, 11) is 1.76. The Morgan fingerprint density at radius 3 is 2.71 bits per heavy atom. The quantitative estimate of drug-likeness (QED) is 0.891. The number of nitrogens with zero attached hydrogens (tertiary/aromatic N) is 4. The summed E-state index contributed by atoms with van der Waals surface area (Å²) in [4.78, 5) is 28.5. The third-order valence-electron chi connectivity index (χ3n) is 5.26. The van der Waals surface area contributed by atoms with E-state index in [1.807, 2.05) is 11.6 Å². The lowest BCUT2D eigenvalue weighted by Crippen LogP contribution is -2.43. The van der Waals surface area contributed by atoms with Crippen molar-refractivity contribution in [1.29, 1.82) is 0 Å². The fourth-order valence-electron chi connectivity index (χ4n) is 3.34. The Labute approximate surface area is 142 Å². The third-order valence-corrected chi connectivity index (χ3v) is 5.26. The van der Waals surface area contributed by atoms with Crippen LogP contribution in [-0.4, -0.2) is 62.2 Å². The van der Waals surface area contributed by atoms with Gasteiger partial charge in [-0.2, -0.15) is 5.10 Å². The summed E-state index contributed by atoms with van der Waals surface area (Å²) in [5, 5.41) is 14.6. The van der Waals surface area contributed by atoms with Crippen LogP contribution < -0.4 is 0 Å². The van der Waals surface area contributed by atoms with Crippen molar-refractivity contribution in [3.05, 3.63) is 17.5 Å². The lowest BCUT2D eigenvalue weighted by Gasteiger charge is -2.37. The van der Waals surface area contributed by atoms with Crippen LogP contribution >= 0.6 is 0 Å². The van der Waals surface area contributed by atoms with Gasteiger partial charge in [-0.3, -0.25) is 14.3 Å². The molecule has 1 aliphatic carbocycles. The van der Waals surface area contributed by atoms with E-state index in [9.17, 15) is 14.7 Å². The number of carbonyl (C=O) groups excluding carboxylic acids is 2. The zero-order chi connectivity index (χ0) is 17.3. The minimum absolute atomic E-state index is 0.0332. The first kappa shape index (κ1) is 17.0. The number of aryl methyl sites for hydroxylation is 1. The number of aliphatic hydroxyl groups is 1. The highest BCUT2D eigenvalue weighted by Gasteiger charge is 2.38. The SMILES string of the molecule is CCN(C)C(=O)c1cnn2c1CN(C(=O)CC1(O)CCC1)CCC2. The molecule has 1 aromatic rings. The Morgan fingerprint density at radius 2 is 2.08 bits per heavy atom. The van der Waals surface area contributed by atoms with Crippen LogP contribution in [0.3, 0.4) is 0 Å². The fraction of sp³-hybridized carbons (Fsp3) is 0.706. The Morgan fingerprint density at radius 1 is 1.33 bits per heavy atom. The summed E-state index contributed by atoms with van der Waals surface area (Å²) < 4.78 is 1.84. The van der Waals surface area contributed by atoms with Crippen LogP contribution in [0.5, 0.6) is 0 Å². The molecule has 1 aliphatic heterocycles. The molecule has 0 radical (unpaired) electrons. The molecule has 2 heterocycles. The average Bonchev–Trinajstić information content (AvgIpc) is 2.81. The molecule has 7 heteroatoms. The minimum atomic E-state index is -0.815. The molecule has 0 saturated heterocycles. The van der Waals surface area contributed by atoms with Gasteiger partial charge in [-0.05, 0) is 32.6 Å². The van der Waals surface area contributed by atoms with Crippen molar-refractivity contribution in [3.8, 4) is 0 Å². The number of rotatable bonds is 4. The van der Waals surface area contributed by atoms with Gasteiger partial charge in [0, 0.05) is 26.7 Å². The summed E-state index contributed by atoms with van der Waals surface area (Å²) in [5.41, 5.74) is 0.554. The van der Waals surface area contributed by atoms with Crippen molar-refractivity contribution in [2.45, 2.75) is 57.7 Å². The molecule has 2 amide bonds. The van der Waals surface area contributed by atoms with E-state index >= 15 is 0 Å². The van der Waals surface area contributed by atoms with E-state index in [1.165, 1.54) is 0 Å². The van der Waals surface area contributed by atoms with Crippen molar-refractivity contribution in [2.75, 3.05) is 20.1 Å². The Balaban J connectivity index is 1.77. The number of aromatic nitrogens is 2. The molecule has 1 fully saturated rings. The highest BCUT2D eigenvalue weighted by molar-refractivity contribution is 5.95. The first-order valence-corrected chi connectivity index (χ1v) is 8.74. The summed E-state index contributed by atoms with van der Waals surface area (Å²) in [6.07, 6.45) is 4.98. The molecular formula is C17H26N4O3. The van der Waals surface area contributed by atoms with Gasteiger partial charge in [-0.15, -0.1) is 0 Å². The van der Waals surface area contributed by atoms with Crippen LogP contribution in [0.15, 0.2) is 6.20 Å². The molecule has 0 unspecified atom stereocenters. The predicted octanol–water partition coefficient (Wildman–Crippen LogP) is 1.01. The van der Waals surface area contributed by atoms with Gasteiger partial charge in [0.05, 0.1) is 36.0 Å². The Bertz CT molecular complexity index is 636. The van der Waals surface area contributed by atoms with Crippen LogP contribution in [0.1, 0.15) is 55.1 Å². The standard InChI is InChI=1S/C17H26N4O3/c1-3-19(2)16(23)13-11-18-21-9-5-8-20(12-14(13)21)15(22)10-17(24)6-4-7-17/h11,24H,3-10,12H2,1-2H3. The maximum atomic E-state index is 12.6. The normalized spacial score (nSPS) is 19.2. The van der Waals surface area contributed by atoms with Crippen molar-refractivity contribution < 1.29 is 14.7 Å². The summed E-state index contributed by atoms with van der Waals surface area (Å²) in [6.45, 7) is 4.27. The number of hydrogen-bond donors (Lipinski definition) is 1. The molecule has 2 aliphatic rings. The second kappa shape index (κ2) is 6.55. The molecule has 132 valence electrons. The van der Waals surface area contributed by atoms with Crippen molar-refractivity contribution >= 4 is 11.8 Å². The first-order chi connectivity index (χ1) is 11.4. The first-order valence-electron chi connectivity index (χ1n) is 8.74. The fourth-order valence-corrected chi connectivity index (χ4v) is 3.34. The predicted molar refractivity (Wildman–Crippen MR) is 88.3 cm³/mol. The van der Waals surface area contributed by atoms with Crippen molar-refractivity contribution in [1.82, 2.24) is 19.6 Å². The molecular weight excluding hydrogens is 308 g/mol. The molecule has 7 nitrogen and oxygen atoms in total. The monoisotopic (exact) mass is 334 g/mol. The zero-order valence-electron chi connectivity index (χ0n) is 14.5. The maximum absolute atomic E-state index is 12.6. The van der Waals surface area contributed by atoms with Crippen molar-refractivity contribution in [2.24, 2.45) is 0 Å². The Hall–Kier alpha value is -1.89. The van der Waals surface area contributed by atoms with Crippen LogP contribution in [0.4, 0.5) is 0 Å². The summed E-state index contributed by atoms with van der Waals surface area (Å²) in [5.74, 6) is -0.0974. The van der Waals surface area contributed by atoms with E-state index in [-0.39, 0.29) is 18.2 Å². The maximum Gasteiger partial charge on any atom is 0.257 e. The van der Waals surface area contributed by atoms with Gasteiger partial charge in [-0.25, -0.2) is 0 Å². The molecule has 0 aromatic carbocycles. The van der Waals surface area contributed by atoms with Gasteiger partial charge < -0.3 is 14.9 Å². The molecule has 1 aromatic heterocycles. The minimum Gasteiger partial charge on any atom is -0.389 e. The number of hydrogen-bond acceptors (Lipinski definition) is 4. The number of amides is 2. The molecule has 1 N–H and O–H groups in total. The van der Waals surface area contributed by atoms with Gasteiger partial charge in [0.1, 0.15) is 0 Å². The summed E-state index contributed by atoms with van der Waals surface area (Å²) in [6, 6.07) is 0. The van der Waals surface area contributed by atoms with Gasteiger partial charge in [0.2, 0.25) is 5.91 Å². The van der Waals surface area contributed by atoms with Crippen LogP contribution in [0.25, 0.3) is 0 Å². The zero-order valence-corrected chi connectivity index (χ0v) is 14.5. The van der Waals surface area contributed by atoms with E-state index in [0.717, 1.165) is 18.5 Å². The van der Waals surface area contributed by atoms with Crippen LogP contribution in [0, 0.1) is 0 Å². The average molecular weight is 334 g/mol. The van der Waals surface area contributed by atoms with Gasteiger partial charge in [-0.1, -0.05) is 0 Å². The van der Waals surface area contributed by atoms with Crippen LogP contribution in [0.2, 0.25) is 0 Å². The summed E-state index contributed by atoms with van der Waals surface area (Å²) >= 11 is 0. The van der Waals surface area contributed by atoms with Gasteiger partial charge in [0.15, 0.2) is 0 Å². The van der Waals surface area contributed by atoms with E-state index in [0.29, 0.717) is 44.6 Å². The highest BCUT2D eigenvalue weighted by atomic mass is 16.3. The van der Waals surface area contributed by atoms with Gasteiger partial charge >= 0.3 is 0 Å². The second-order valence-corrected chi connectivity index (χ2v) is 6.97. The third kappa shape index (κ3) is 3.17. The molecule has 24 heavy (non-hydrogen) atoms. The number of carbonyl (C=O) groups is 2. The van der Waals surface area contributed by atoms with E-state index in [4.69, 9.17) is 0 Å². The Kier molecular flexibility index (Phi) is 4.62. The lowest BCUT2D eigenvalue weighted by atomic mass is 9.77. The largest absolute Gasteiger partial charge is 0.389 e. The number of fused-ring (bicyclic) bond motifs is 1. The van der Waals surface area contributed by atoms with E-state index in [1.54, 1.807) is 23.0 Å². The highest BCUT2D eigenvalue weighted by Crippen LogP contribution is 2.35. The smallest absolute Gasteiger partial charge is 0.257 e. The van der Waals surface area contributed by atoms with Crippen LogP contribution in [-0.2, 0) is 17.9 Å². The second-order valence-electron chi connectivity index (χ2n) is 6.97.